The zero-order valence-electron chi connectivity index (χ0n) is 3.36. The molecule has 0 fully saturated rings. The minimum Gasteiger partial charge on any atom is -0.127 e. The van der Waals surface area contributed by atoms with E-state index >= 15 is 0 Å². The summed E-state index contributed by atoms with van der Waals surface area (Å²) in [7, 11) is 0.444. The topological polar surface area (TPSA) is 0 Å². The maximum absolute atomic E-state index is 4.88. The Morgan fingerprint density at radius 2 is 2.50 bits per heavy atom. The predicted octanol–water partition coefficient (Wildman–Crippen LogP) is 1.55. The molecule has 0 aliphatic heterocycles. The maximum atomic E-state index is 4.88. The fourth-order valence-corrected chi connectivity index (χ4v) is 0.278. The first kappa shape index (κ1) is 5.51. The van der Waals surface area contributed by atoms with Crippen molar-refractivity contribution >= 4 is 8.58 Å². The lowest BCUT2D eigenvalue weighted by molar-refractivity contribution is 2.43. The van der Waals surface area contributed by atoms with Gasteiger partial charge < -0.3 is 0 Å². The molecule has 0 aliphatic carbocycles. The summed E-state index contributed by atoms with van der Waals surface area (Å²) in [6.45, 7) is 3.33. The predicted molar refractivity (Wildman–Crippen MR) is 30.9 cm³/mol. The summed E-state index contributed by atoms with van der Waals surface area (Å²) in [6, 6.07) is 0. The van der Waals surface area contributed by atoms with Gasteiger partial charge in [0.25, 0.3) is 0 Å². The van der Waals surface area contributed by atoms with E-state index < -0.39 is 0 Å². The molecule has 0 heterocycles. The van der Waals surface area contributed by atoms with Crippen molar-refractivity contribution in [1.29, 1.82) is 0 Å². The molecule has 6 heavy (non-hydrogen) atoms. The second kappa shape index (κ2) is 4.51. The first-order chi connectivity index (χ1) is 2.91. The van der Waals surface area contributed by atoms with Crippen LogP contribution in [0, 0.1) is 12.1 Å². The molecule has 1 unspecified atom stereocenters. The van der Waals surface area contributed by atoms with Crippen LogP contribution in [0.25, 0.3) is 0 Å². The van der Waals surface area contributed by atoms with Gasteiger partial charge in [-0.15, -0.1) is 12.2 Å². The molecule has 0 aromatic heterocycles. The highest BCUT2D eigenvalue weighted by atomic mass is 31.1. The van der Waals surface area contributed by atoms with E-state index in [1.54, 1.807) is 5.82 Å². The Hall–Kier alpha value is -0.490. The third-order valence-electron chi connectivity index (χ3n) is 0.258. The highest BCUT2D eigenvalue weighted by molar-refractivity contribution is 7.47. The molecule has 0 nitrogen and oxygen atoms in total. The second-order valence-electron chi connectivity index (χ2n) is 0.637. The number of hydrogen-bond acceptors (Lipinski definition) is 0. The molecule has 0 aromatic carbocycles. The first-order valence-corrected chi connectivity index (χ1v) is 2.55. The monoisotopic (exact) mass is 96.0 g/mol. The van der Waals surface area contributed by atoms with Crippen molar-refractivity contribution in [3.63, 3.8) is 0 Å². The molecule has 1 heteroatoms. The van der Waals surface area contributed by atoms with Crippen LogP contribution in [-0.2, 0) is 0 Å². The summed E-state index contributed by atoms with van der Waals surface area (Å²) in [4.78, 5) is 0. The molecule has 0 spiro atoms. The van der Waals surface area contributed by atoms with Gasteiger partial charge in [0.05, 0.1) is 0 Å². The second-order valence-corrected chi connectivity index (χ2v) is 1.50. The lowest BCUT2D eigenvalue weighted by Crippen LogP contribution is -1.24. The van der Waals surface area contributed by atoms with Crippen molar-refractivity contribution in [2.24, 2.45) is 0 Å². The van der Waals surface area contributed by atoms with Crippen LogP contribution in [0.15, 0.2) is 18.1 Å². The Balaban J connectivity index is 3.16. The molecule has 0 rings (SSSR count). The minimum atomic E-state index is 0.444. The van der Waals surface area contributed by atoms with Gasteiger partial charge in [0.2, 0.25) is 0 Å². The van der Waals surface area contributed by atoms with Gasteiger partial charge >= 0.3 is 0 Å². The van der Waals surface area contributed by atoms with E-state index in [-0.39, 0.29) is 0 Å². The average Bonchev–Trinajstić information content (AvgIpc) is 1.61. The summed E-state index contributed by atoms with van der Waals surface area (Å²) in [6.07, 6.45) is 4.88. The van der Waals surface area contributed by atoms with E-state index in [1.165, 1.54) is 0 Å². The van der Waals surface area contributed by atoms with E-state index in [0.29, 0.717) is 8.58 Å². The molecule has 0 aliphatic rings. The molecule has 0 bridgehead atoms. The number of rotatable bonds is 1. The van der Waals surface area contributed by atoms with Crippen LogP contribution in [0.1, 0.15) is 0 Å². The molecule has 0 radical (unpaired) electrons. The zero-order valence-corrected chi connectivity index (χ0v) is 4.36. The molecule has 0 amide bonds. The SMILES string of the molecule is C#CPC=C=C. The first-order valence-electron chi connectivity index (χ1n) is 1.47. The highest BCUT2D eigenvalue weighted by Crippen LogP contribution is 2.04. The van der Waals surface area contributed by atoms with Gasteiger partial charge in [-0.2, -0.15) is 0 Å². The summed E-state index contributed by atoms with van der Waals surface area (Å²) in [5, 5.41) is 0. The van der Waals surface area contributed by atoms with Crippen molar-refractivity contribution in [2.75, 3.05) is 0 Å². The fourth-order valence-electron chi connectivity index (χ4n) is 0.0927. The normalized spacial score (nSPS) is 7.17. The largest absolute Gasteiger partial charge is 0.127 e. The van der Waals surface area contributed by atoms with Crippen LogP contribution in [0.4, 0.5) is 0 Å². The third-order valence-corrected chi connectivity index (χ3v) is 0.773. The fraction of sp³-hybridized carbons (Fsp3) is 0. The summed E-state index contributed by atoms with van der Waals surface area (Å²) in [5.41, 5.74) is 5.00. The van der Waals surface area contributed by atoms with Crippen LogP contribution in [0.3, 0.4) is 0 Å². The average molecular weight is 96.1 g/mol. The zero-order chi connectivity index (χ0) is 4.83. The van der Waals surface area contributed by atoms with Crippen LogP contribution < -0.4 is 0 Å². The van der Waals surface area contributed by atoms with Gasteiger partial charge in [-0.05, 0) is 14.4 Å². The van der Waals surface area contributed by atoms with E-state index in [4.69, 9.17) is 6.42 Å². The molecule has 1 atom stereocenters. The molecular weight excluding hydrogens is 91.0 g/mol. The molecule has 0 saturated carbocycles. The molecular formula is C5H5P. The molecule has 30 valence electrons. The van der Waals surface area contributed by atoms with Crippen molar-refractivity contribution in [1.82, 2.24) is 0 Å². The van der Waals surface area contributed by atoms with E-state index in [9.17, 15) is 0 Å². The van der Waals surface area contributed by atoms with Gasteiger partial charge in [0, 0.05) is 0 Å². The summed E-state index contributed by atoms with van der Waals surface area (Å²) < 4.78 is 0. The molecule has 0 aromatic rings. The van der Waals surface area contributed by atoms with Crippen LogP contribution in [-0.4, -0.2) is 0 Å². The lowest BCUT2D eigenvalue weighted by atomic mass is 11.0. The number of terminal acetylenes is 1. The maximum Gasteiger partial charge on any atom is -0.00965 e. The van der Waals surface area contributed by atoms with Crippen LogP contribution in [0.2, 0.25) is 0 Å². The van der Waals surface area contributed by atoms with Crippen molar-refractivity contribution in [2.45, 2.75) is 0 Å². The summed E-state index contributed by atoms with van der Waals surface area (Å²) in [5.74, 6) is 1.74. The van der Waals surface area contributed by atoms with Gasteiger partial charge in [-0.3, -0.25) is 0 Å². The van der Waals surface area contributed by atoms with Crippen LogP contribution in [0.5, 0.6) is 0 Å². The van der Waals surface area contributed by atoms with Crippen LogP contribution >= 0.6 is 8.58 Å². The standard InChI is InChI=1S/C5H5P/c1-3-5-6-4-2/h2,5-6H,1H2. The quantitative estimate of drug-likeness (QED) is 0.264. The van der Waals surface area contributed by atoms with Crippen molar-refractivity contribution in [3.05, 3.63) is 18.1 Å². The van der Waals surface area contributed by atoms with Gasteiger partial charge in [-0.1, -0.05) is 12.2 Å². The Morgan fingerprint density at radius 3 is 2.67 bits per heavy atom. The highest BCUT2D eigenvalue weighted by Gasteiger charge is 1.54. The van der Waals surface area contributed by atoms with Gasteiger partial charge in [-0.25, -0.2) is 0 Å². The number of hydrogen-bond donors (Lipinski definition) is 0. The molecule has 0 saturated heterocycles. The van der Waals surface area contributed by atoms with Crippen molar-refractivity contribution in [3.8, 4) is 12.1 Å². The van der Waals surface area contributed by atoms with E-state index in [1.807, 2.05) is 0 Å². The Labute approximate surface area is 39.7 Å². The molecule has 0 N–H and O–H groups in total. The minimum absolute atomic E-state index is 0.444. The van der Waals surface area contributed by atoms with Gasteiger partial charge in [0.15, 0.2) is 0 Å². The Morgan fingerprint density at radius 1 is 1.83 bits per heavy atom. The summed E-state index contributed by atoms with van der Waals surface area (Å²) >= 11 is 0. The van der Waals surface area contributed by atoms with Gasteiger partial charge in [0.1, 0.15) is 0 Å². The van der Waals surface area contributed by atoms with E-state index in [0.717, 1.165) is 0 Å². The van der Waals surface area contributed by atoms with Crippen molar-refractivity contribution < 1.29 is 0 Å². The Kier molecular flexibility index (Phi) is 4.14. The van der Waals surface area contributed by atoms with E-state index in [2.05, 4.69) is 18.0 Å². The smallest absolute Gasteiger partial charge is 0.00965 e. The lowest BCUT2D eigenvalue weighted by Gasteiger charge is -1.62. The third kappa shape index (κ3) is 3.51. The Bertz CT molecular complexity index is 102.